The van der Waals surface area contributed by atoms with E-state index in [0.717, 1.165) is 44.1 Å². The van der Waals surface area contributed by atoms with Crippen LogP contribution in [-0.4, -0.2) is 32.0 Å². The lowest BCUT2D eigenvalue weighted by molar-refractivity contribution is -0.117. The van der Waals surface area contributed by atoms with Crippen LogP contribution in [0.2, 0.25) is 0 Å². The monoisotopic (exact) mass is 316 g/mol. The Morgan fingerprint density at radius 3 is 2.61 bits per heavy atom. The summed E-state index contributed by atoms with van der Waals surface area (Å²) in [5, 5.41) is 6.64. The quantitative estimate of drug-likeness (QED) is 0.462. The summed E-state index contributed by atoms with van der Waals surface area (Å²) in [4.78, 5) is 17.8. The molecular weight excluding hydrogens is 288 g/mol. The summed E-state index contributed by atoms with van der Waals surface area (Å²) in [6.45, 7) is 4.71. The zero-order chi connectivity index (χ0) is 16.5. The first-order chi connectivity index (χ1) is 11.2. The molecule has 0 aliphatic carbocycles. The third-order valence-electron chi connectivity index (χ3n) is 4.08. The predicted octanol–water partition coefficient (Wildman–Crippen LogP) is 2.67. The van der Waals surface area contributed by atoms with Crippen LogP contribution in [0.4, 0.5) is 5.69 Å². The second-order valence-electron chi connectivity index (χ2n) is 5.88. The number of hydrogen-bond donors (Lipinski definition) is 2. The van der Waals surface area contributed by atoms with Crippen LogP contribution in [0, 0.1) is 0 Å². The van der Waals surface area contributed by atoms with Gasteiger partial charge in [0.25, 0.3) is 0 Å². The van der Waals surface area contributed by atoms with Gasteiger partial charge in [-0.15, -0.1) is 0 Å². The number of carbonyl (C=O) groups excluding carboxylic acids is 1. The molecule has 0 radical (unpaired) electrons. The molecule has 1 aliphatic heterocycles. The number of rotatable bonds is 7. The highest BCUT2D eigenvalue weighted by molar-refractivity contribution is 5.95. The van der Waals surface area contributed by atoms with Crippen molar-refractivity contribution < 1.29 is 4.79 Å². The second kappa shape index (κ2) is 9.18. The molecule has 0 spiro atoms. The molecule has 1 saturated heterocycles. The van der Waals surface area contributed by atoms with Crippen molar-refractivity contribution >= 4 is 17.6 Å². The molecule has 1 amide bonds. The van der Waals surface area contributed by atoms with Gasteiger partial charge < -0.3 is 15.5 Å². The maximum Gasteiger partial charge on any atom is 0.227 e. The third-order valence-corrected chi connectivity index (χ3v) is 4.08. The smallest absolute Gasteiger partial charge is 0.227 e. The molecule has 2 rings (SSSR count). The Bertz CT molecular complexity index is 524. The number of anilines is 1. The van der Waals surface area contributed by atoms with Crippen LogP contribution in [0.25, 0.3) is 0 Å². The molecule has 1 aromatic carbocycles. The largest absolute Gasteiger partial charge is 0.356 e. The van der Waals surface area contributed by atoms with E-state index >= 15 is 0 Å². The van der Waals surface area contributed by atoms with Crippen molar-refractivity contribution in [3.63, 3.8) is 0 Å². The fourth-order valence-electron chi connectivity index (χ4n) is 2.70. The SMILES string of the molecule is CCCCCNC(=NC)NCc1ccc(N2CCCC2=O)cc1. The van der Waals surface area contributed by atoms with Crippen molar-refractivity contribution in [2.75, 3.05) is 25.0 Å². The summed E-state index contributed by atoms with van der Waals surface area (Å²) in [7, 11) is 1.79. The average molecular weight is 316 g/mol. The molecule has 0 unspecified atom stereocenters. The predicted molar refractivity (Wildman–Crippen MR) is 95.8 cm³/mol. The maximum absolute atomic E-state index is 11.8. The lowest BCUT2D eigenvalue weighted by Crippen LogP contribution is -2.37. The number of nitrogens with one attached hydrogen (secondary N) is 2. The van der Waals surface area contributed by atoms with E-state index < -0.39 is 0 Å². The van der Waals surface area contributed by atoms with Crippen LogP contribution < -0.4 is 15.5 Å². The van der Waals surface area contributed by atoms with E-state index in [1.54, 1.807) is 7.05 Å². The third kappa shape index (κ3) is 5.27. The van der Waals surface area contributed by atoms with Crippen LogP contribution in [0.5, 0.6) is 0 Å². The number of carbonyl (C=O) groups is 1. The highest BCUT2D eigenvalue weighted by Crippen LogP contribution is 2.21. The summed E-state index contributed by atoms with van der Waals surface area (Å²) < 4.78 is 0. The van der Waals surface area contributed by atoms with Crippen molar-refractivity contribution in [3.8, 4) is 0 Å². The van der Waals surface area contributed by atoms with E-state index in [1.165, 1.54) is 18.4 Å². The van der Waals surface area contributed by atoms with Gasteiger partial charge in [-0.1, -0.05) is 31.9 Å². The van der Waals surface area contributed by atoms with Gasteiger partial charge in [0.05, 0.1) is 0 Å². The number of unbranched alkanes of at least 4 members (excludes halogenated alkanes) is 2. The molecule has 5 nitrogen and oxygen atoms in total. The first-order valence-electron chi connectivity index (χ1n) is 8.58. The lowest BCUT2D eigenvalue weighted by atomic mass is 10.2. The maximum atomic E-state index is 11.8. The standard InChI is InChI=1S/C18H28N4O/c1-3-4-5-12-20-18(19-2)21-14-15-8-10-16(11-9-15)22-13-6-7-17(22)23/h8-11H,3-7,12-14H2,1-2H3,(H2,19,20,21). The molecule has 1 fully saturated rings. The number of amides is 1. The Morgan fingerprint density at radius 2 is 2.00 bits per heavy atom. The summed E-state index contributed by atoms with van der Waals surface area (Å²) in [5.41, 5.74) is 2.18. The molecule has 1 aliphatic rings. The van der Waals surface area contributed by atoms with Gasteiger partial charge in [0.1, 0.15) is 0 Å². The van der Waals surface area contributed by atoms with Crippen molar-refractivity contribution in [2.24, 2.45) is 4.99 Å². The number of aliphatic imine (C=N–C) groups is 1. The van der Waals surface area contributed by atoms with Gasteiger partial charge in [-0.2, -0.15) is 0 Å². The van der Waals surface area contributed by atoms with Crippen molar-refractivity contribution in [1.82, 2.24) is 10.6 Å². The first kappa shape index (κ1) is 17.3. The van der Waals surface area contributed by atoms with Gasteiger partial charge in [0.2, 0.25) is 5.91 Å². The second-order valence-corrected chi connectivity index (χ2v) is 5.88. The molecule has 5 heteroatoms. The minimum absolute atomic E-state index is 0.229. The molecule has 0 saturated carbocycles. The van der Waals surface area contributed by atoms with E-state index in [1.807, 2.05) is 17.0 Å². The van der Waals surface area contributed by atoms with Gasteiger partial charge in [0, 0.05) is 38.8 Å². The van der Waals surface area contributed by atoms with Crippen LogP contribution in [-0.2, 0) is 11.3 Å². The van der Waals surface area contributed by atoms with Gasteiger partial charge in [-0.25, -0.2) is 0 Å². The van der Waals surface area contributed by atoms with Crippen LogP contribution in [0.3, 0.4) is 0 Å². The Morgan fingerprint density at radius 1 is 1.22 bits per heavy atom. The van der Waals surface area contributed by atoms with Gasteiger partial charge in [-0.3, -0.25) is 9.79 Å². The summed E-state index contributed by atoms with van der Waals surface area (Å²) >= 11 is 0. The zero-order valence-electron chi connectivity index (χ0n) is 14.3. The van der Waals surface area contributed by atoms with E-state index in [4.69, 9.17) is 0 Å². The van der Waals surface area contributed by atoms with E-state index in [2.05, 4.69) is 34.7 Å². The molecule has 0 bridgehead atoms. The minimum atomic E-state index is 0.229. The molecule has 1 aromatic rings. The fourth-order valence-corrected chi connectivity index (χ4v) is 2.70. The normalized spacial score (nSPS) is 15.1. The van der Waals surface area contributed by atoms with Crippen LogP contribution >= 0.6 is 0 Å². The molecule has 0 atom stereocenters. The van der Waals surface area contributed by atoms with Crippen molar-refractivity contribution in [1.29, 1.82) is 0 Å². The molecule has 23 heavy (non-hydrogen) atoms. The molecule has 126 valence electrons. The highest BCUT2D eigenvalue weighted by atomic mass is 16.2. The number of nitrogens with zero attached hydrogens (tertiary/aromatic N) is 2. The van der Waals surface area contributed by atoms with Crippen LogP contribution in [0.15, 0.2) is 29.3 Å². The Hall–Kier alpha value is -2.04. The lowest BCUT2D eigenvalue weighted by Gasteiger charge is -2.16. The topological polar surface area (TPSA) is 56.7 Å². The van der Waals surface area contributed by atoms with Gasteiger partial charge >= 0.3 is 0 Å². The van der Waals surface area contributed by atoms with Crippen molar-refractivity contribution in [2.45, 2.75) is 45.6 Å². The minimum Gasteiger partial charge on any atom is -0.356 e. The number of guanidine groups is 1. The van der Waals surface area contributed by atoms with E-state index in [9.17, 15) is 4.79 Å². The van der Waals surface area contributed by atoms with Gasteiger partial charge in [-0.05, 0) is 30.5 Å². The van der Waals surface area contributed by atoms with Gasteiger partial charge in [0.15, 0.2) is 5.96 Å². The van der Waals surface area contributed by atoms with Crippen molar-refractivity contribution in [3.05, 3.63) is 29.8 Å². The summed E-state index contributed by atoms with van der Waals surface area (Å²) in [6.07, 6.45) is 5.25. The van der Waals surface area contributed by atoms with E-state index in [0.29, 0.717) is 6.42 Å². The Balaban J connectivity index is 1.80. The number of benzene rings is 1. The summed E-state index contributed by atoms with van der Waals surface area (Å²) in [5.74, 6) is 1.06. The zero-order valence-corrected chi connectivity index (χ0v) is 14.3. The molecule has 2 N–H and O–H groups in total. The fraction of sp³-hybridized carbons (Fsp3) is 0.556. The average Bonchev–Trinajstić information content (AvgIpc) is 3.01. The molecular formula is C18H28N4O. The molecule has 0 aromatic heterocycles. The Kier molecular flexibility index (Phi) is 6.91. The van der Waals surface area contributed by atoms with E-state index in [-0.39, 0.29) is 5.91 Å². The first-order valence-corrected chi connectivity index (χ1v) is 8.58. The molecule has 1 heterocycles. The Labute approximate surface area is 139 Å². The number of hydrogen-bond acceptors (Lipinski definition) is 2. The van der Waals surface area contributed by atoms with Crippen LogP contribution in [0.1, 0.15) is 44.6 Å². The summed E-state index contributed by atoms with van der Waals surface area (Å²) in [6, 6.07) is 8.19. The highest BCUT2D eigenvalue weighted by Gasteiger charge is 2.21.